The maximum absolute atomic E-state index is 12.2. The zero-order chi connectivity index (χ0) is 13.0. The van der Waals surface area contributed by atoms with Crippen LogP contribution in [0.15, 0.2) is 30.3 Å². The minimum Gasteiger partial charge on any atom is -0.338 e. The van der Waals surface area contributed by atoms with E-state index in [0.717, 1.165) is 19.4 Å². The van der Waals surface area contributed by atoms with Crippen molar-refractivity contribution in [1.82, 2.24) is 4.90 Å². The summed E-state index contributed by atoms with van der Waals surface area (Å²) >= 11 is 0. The van der Waals surface area contributed by atoms with E-state index < -0.39 is 0 Å². The Morgan fingerprint density at radius 3 is 2.78 bits per heavy atom. The standard InChI is InChI=1S/C15H22N2O/c1-12-9-10-17(14(12)11-16)15(18)8-7-13-5-3-2-4-6-13/h2-6,12,14H,7-11,16H2,1H3. The van der Waals surface area contributed by atoms with E-state index in [9.17, 15) is 4.79 Å². The summed E-state index contributed by atoms with van der Waals surface area (Å²) in [5, 5.41) is 0. The van der Waals surface area contributed by atoms with Crippen molar-refractivity contribution in [1.29, 1.82) is 0 Å². The highest BCUT2D eigenvalue weighted by Crippen LogP contribution is 2.24. The Morgan fingerprint density at radius 1 is 1.39 bits per heavy atom. The fourth-order valence-corrected chi connectivity index (χ4v) is 2.72. The van der Waals surface area contributed by atoms with Gasteiger partial charge < -0.3 is 10.6 Å². The highest BCUT2D eigenvalue weighted by atomic mass is 16.2. The Balaban J connectivity index is 1.88. The first-order chi connectivity index (χ1) is 8.72. The number of carbonyl (C=O) groups is 1. The smallest absolute Gasteiger partial charge is 0.223 e. The van der Waals surface area contributed by atoms with E-state index in [2.05, 4.69) is 19.1 Å². The van der Waals surface area contributed by atoms with Crippen molar-refractivity contribution in [3.63, 3.8) is 0 Å². The second-order valence-electron chi connectivity index (χ2n) is 5.14. The lowest BCUT2D eigenvalue weighted by Gasteiger charge is -2.25. The molecule has 18 heavy (non-hydrogen) atoms. The van der Waals surface area contributed by atoms with Gasteiger partial charge in [-0.15, -0.1) is 0 Å². The molecule has 1 aromatic rings. The minimum atomic E-state index is 0.244. The number of hydrogen-bond donors (Lipinski definition) is 1. The largest absolute Gasteiger partial charge is 0.338 e. The summed E-state index contributed by atoms with van der Waals surface area (Å²) in [5.41, 5.74) is 6.99. The fourth-order valence-electron chi connectivity index (χ4n) is 2.72. The van der Waals surface area contributed by atoms with Crippen LogP contribution in [-0.2, 0) is 11.2 Å². The van der Waals surface area contributed by atoms with Crippen LogP contribution >= 0.6 is 0 Å². The molecule has 0 aliphatic carbocycles. The van der Waals surface area contributed by atoms with E-state index in [1.54, 1.807) is 0 Å². The highest BCUT2D eigenvalue weighted by molar-refractivity contribution is 5.77. The molecule has 3 heteroatoms. The predicted octanol–water partition coefficient (Wildman–Crippen LogP) is 1.81. The van der Waals surface area contributed by atoms with Crippen molar-refractivity contribution in [3.05, 3.63) is 35.9 Å². The number of nitrogens with two attached hydrogens (primary N) is 1. The van der Waals surface area contributed by atoms with Gasteiger partial charge >= 0.3 is 0 Å². The Bertz CT molecular complexity index is 391. The van der Waals surface area contributed by atoms with Gasteiger partial charge in [0, 0.05) is 25.6 Å². The minimum absolute atomic E-state index is 0.244. The number of carbonyl (C=O) groups excluding carboxylic acids is 1. The Kier molecular flexibility index (Phi) is 4.37. The van der Waals surface area contributed by atoms with E-state index in [1.165, 1.54) is 5.56 Å². The first kappa shape index (κ1) is 13.1. The number of aryl methyl sites for hydroxylation is 1. The Morgan fingerprint density at radius 2 is 2.11 bits per heavy atom. The first-order valence-electron chi connectivity index (χ1n) is 6.76. The van der Waals surface area contributed by atoms with E-state index in [0.29, 0.717) is 18.9 Å². The van der Waals surface area contributed by atoms with Crippen molar-refractivity contribution < 1.29 is 4.79 Å². The summed E-state index contributed by atoms with van der Waals surface area (Å²) in [4.78, 5) is 14.2. The van der Waals surface area contributed by atoms with Crippen LogP contribution in [0.3, 0.4) is 0 Å². The van der Waals surface area contributed by atoms with Crippen molar-refractivity contribution in [2.24, 2.45) is 11.7 Å². The molecule has 1 fully saturated rings. The summed E-state index contributed by atoms with van der Waals surface area (Å²) in [5.74, 6) is 0.786. The molecule has 2 atom stereocenters. The number of amides is 1. The summed E-state index contributed by atoms with van der Waals surface area (Å²) in [6, 6.07) is 10.4. The quantitative estimate of drug-likeness (QED) is 0.880. The molecule has 1 heterocycles. The molecule has 2 rings (SSSR count). The molecule has 1 aromatic carbocycles. The molecule has 0 bridgehead atoms. The molecule has 1 aliphatic rings. The third kappa shape index (κ3) is 2.91. The van der Waals surface area contributed by atoms with Crippen LogP contribution in [0.5, 0.6) is 0 Å². The molecule has 2 N–H and O–H groups in total. The fraction of sp³-hybridized carbons (Fsp3) is 0.533. The summed E-state index contributed by atoms with van der Waals surface area (Å²) in [6.07, 6.45) is 2.49. The van der Waals surface area contributed by atoms with Gasteiger partial charge in [0.1, 0.15) is 0 Å². The molecule has 1 aliphatic heterocycles. The van der Waals surface area contributed by atoms with Gasteiger partial charge in [0.2, 0.25) is 5.91 Å². The van der Waals surface area contributed by atoms with Crippen LogP contribution in [0.25, 0.3) is 0 Å². The van der Waals surface area contributed by atoms with Crippen LogP contribution in [0.1, 0.15) is 25.3 Å². The summed E-state index contributed by atoms with van der Waals surface area (Å²) < 4.78 is 0. The Hall–Kier alpha value is -1.35. The number of benzene rings is 1. The lowest BCUT2D eigenvalue weighted by Crippen LogP contribution is -2.42. The topological polar surface area (TPSA) is 46.3 Å². The maximum Gasteiger partial charge on any atom is 0.223 e. The molecule has 2 unspecified atom stereocenters. The molecule has 98 valence electrons. The number of likely N-dealkylation sites (tertiary alicyclic amines) is 1. The molecule has 0 saturated carbocycles. The van der Waals surface area contributed by atoms with Gasteiger partial charge in [-0.05, 0) is 24.3 Å². The third-order valence-corrected chi connectivity index (χ3v) is 3.91. The van der Waals surface area contributed by atoms with E-state index in [1.807, 2.05) is 23.1 Å². The highest BCUT2D eigenvalue weighted by Gasteiger charge is 2.32. The zero-order valence-electron chi connectivity index (χ0n) is 11.0. The third-order valence-electron chi connectivity index (χ3n) is 3.91. The Labute approximate surface area is 109 Å². The molecule has 0 aromatic heterocycles. The maximum atomic E-state index is 12.2. The van der Waals surface area contributed by atoms with E-state index >= 15 is 0 Å². The van der Waals surface area contributed by atoms with Gasteiger partial charge in [0.25, 0.3) is 0 Å². The SMILES string of the molecule is CC1CCN(C(=O)CCc2ccccc2)C1CN. The molecule has 1 amide bonds. The monoisotopic (exact) mass is 246 g/mol. The van der Waals surface area contributed by atoms with Crippen LogP contribution in [-0.4, -0.2) is 29.9 Å². The van der Waals surface area contributed by atoms with Gasteiger partial charge in [-0.25, -0.2) is 0 Å². The number of rotatable bonds is 4. The van der Waals surface area contributed by atoms with Crippen molar-refractivity contribution in [3.8, 4) is 0 Å². The summed E-state index contributed by atoms with van der Waals surface area (Å²) in [6.45, 7) is 3.64. The lowest BCUT2D eigenvalue weighted by atomic mass is 10.0. The van der Waals surface area contributed by atoms with Gasteiger partial charge in [0.15, 0.2) is 0 Å². The van der Waals surface area contributed by atoms with Gasteiger partial charge in [-0.2, -0.15) is 0 Å². The number of hydrogen-bond acceptors (Lipinski definition) is 2. The van der Waals surface area contributed by atoms with Crippen LogP contribution in [0.2, 0.25) is 0 Å². The van der Waals surface area contributed by atoms with Gasteiger partial charge in [-0.3, -0.25) is 4.79 Å². The molecular weight excluding hydrogens is 224 g/mol. The van der Waals surface area contributed by atoms with Crippen LogP contribution < -0.4 is 5.73 Å². The predicted molar refractivity (Wildman–Crippen MR) is 73.1 cm³/mol. The van der Waals surface area contributed by atoms with E-state index in [-0.39, 0.29) is 11.9 Å². The average molecular weight is 246 g/mol. The second kappa shape index (κ2) is 6.01. The molecule has 3 nitrogen and oxygen atoms in total. The zero-order valence-corrected chi connectivity index (χ0v) is 11.0. The second-order valence-corrected chi connectivity index (χ2v) is 5.14. The first-order valence-corrected chi connectivity index (χ1v) is 6.76. The van der Waals surface area contributed by atoms with Crippen LogP contribution in [0.4, 0.5) is 0 Å². The van der Waals surface area contributed by atoms with Crippen molar-refractivity contribution >= 4 is 5.91 Å². The van der Waals surface area contributed by atoms with Gasteiger partial charge in [0.05, 0.1) is 0 Å². The van der Waals surface area contributed by atoms with Crippen LogP contribution in [0, 0.1) is 5.92 Å². The molecular formula is C15H22N2O. The van der Waals surface area contributed by atoms with Crippen molar-refractivity contribution in [2.45, 2.75) is 32.2 Å². The summed E-state index contributed by atoms with van der Waals surface area (Å²) in [7, 11) is 0. The molecule has 0 spiro atoms. The lowest BCUT2D eigenvalue weighted by molar-refractivity contribution is -0.132. The van der Waals surface area contributed by atoms with E-state index in [4.69, 9.17) is 5.73 Å². The average Bonchev–Trinajstić information content (AvgIpc) is 2.78. The van der Waals surface area contributed by atoms with Gasteiger partial charge in [-0.1, -0.05) is 37.3 Å². The molecule has 0 radical (unpaired) electrons. The molecule has 1 saturated heterocycles. The normalized spacial score (nSPS) is 23.3. The number of nitrogens with zero attached hydrogens (tertiary/aromatic N) is 1. The van der Waals surface area contributed by atoms with Crippen molar-refractivity contribution in [2.75, 3.05) is 13.1 Å².